The quantitative estimate of drug-likeness (QED) is 0.206. The van der Waals surface area contributed by atoms with Crippen molar-refractivity contribution in [3.63, 3.8) is 0 Å². The topological polar surface area (TPSA) is 110 Å². The molecule has 0 aliphatic heterocycles. The monoisotopic (exact) mass is 419 g/mol. The third-order valence-electron chi connectivity index (χ3n) is 5.00. The molecule has 0 unspecified atom stereocenters. The molecule has 0 aliphatic rings. The van der Waals surface area contributed by atoms with Crippen LogP contribution in [0, 0.1) is 0 Å². The number of anilines is 2. The van der Waals surface area contributed by atoms with E-state index in [1.807, 2.05) is 47.5 Å². The molecule has 3 N–H and O–H groups in total. The average Bonchev–Trinajstić information content (AvgIpc) is 3.41. The SMILES string of the molecule is O=C(CCCCCn1cc(Nc2ncc3ccn(Cc4ccccc4)c3n2)cn1)NO. The van der Waals surface area contributed by atoms with E-state index in [0.717, 1.165) is 49.1 Å². The largest absolute Gasteiger partial charge is 0.328 e. The van der Waals surface area contributed by atoms with Crippen LogP contribution in [0.2, 0.25) is 0 Å². The van der Waals surface area contributed by atoms with Gasteiger partial charge < -0.3 is 9.88 Å². The number of nitrogens with one attached hydrogen (secondary N) is 2. The molecule has 0 saturated carbocycles. The molecule has 31 heavy (non-hydrogen) atoms. The summed E-state index contributed by atoms with van der Waals surface area (Å²) < 4.78 is 3.96. The van der Waals surface area contributed by atoms with E-state index in [9.17, 15) is 4.79 Å². The molecule has 0 fully saturated rings. The second kappa shape index (κ2) is 9.86. The van der Waals surface area contributed by atoms with Crippen LogP contribution in [0.5, 0.6) is 0 Å². The third kappa shape index (κ3) is 5.46. The molecule has 0 spiro atoms. The molecule has 3 heterocycles. The smallest absolute Gasteiger partial charge is 0.243 e. The number of aromatic nitrogens is 5. The fourth-order valence-electron chi connectivity index (χ4n) is 3.41. The van der Waals surface area contributed by atoms with Crippen LogP contribution in [0.3, 0.4) is 0 Å². The molecule has 3 aromatic heterocycles. The van der Waals surface area contributed by atoms with Crippen LogP contribution in [-0.2, 0) is 17.9 Å². The molecule has 1 aromatic carbocycles. The minimum absolute atomic E-state index is 0.328. The van der Waals surface area contributed by atoms with Gasteiger partial charge in [-0.2, -0.15) is 10.1 Å². The van der Waals surface area contributed by atoms with Gasteiger partial charge in [0.25, 0.3) is 0 Å². The zero-order valence-electron chi connectivity index (χ0n) is 17.1. The first kappa shape index (κ1) is 20.5. The molecule has 160 valence electrons. The summed E-state index contributed by atoms with van der Waals surface area (Å²) in [6, 6.07) is 12.3. The zero-order chi connectivity index (χ0) is 21.5. The van der Waals surface area contributed by atoms with Gasteiger partial charge in [0, 0.05) is 43.5 Å². The summed E-state index contributed by atoms with van der Waals surface area (Å²) in [6.45, 7) is 1.50. The molecule has 0 radical (unpaired) electrons. The number of fused-ring (bicyclic) bond motifs is 1. The maximum atomic E-state index is 11.0. The fourth-order valence-corrected chi connectivity index (χ4v) is 3.41. The highest BCUT2D eigenvalue weighted by atomic mass is 16.5. The van der Waals surface area contributed by atoms with Crippen molar-refractivity contribution in [1.29, 1.82) is 0 Å². The number of benzene rings is 1. The number of carbonyl (C=O) groups excluding carboxylic acids is 1. The fraction of sp³-hybridized carbons (Fsp3) is 0.273. The Bertz CT molecular complexity index is 1140. The van der Waals surface area contributed by atoms with E-state index in [1.54, 1.807) is 11.7 Å². The van der Waals surface area contributed by atoms with E-state index in [2.05, 4.69) is 32.1 Å². The first-order valence-electron chi connectivity index (χ1n) is 10.3. The average molecular weight is 419 g/mol. The van der Waals surface area contributed by atoms with Gasteiger partial charge in [-0.15, -0.1) is 0 Å². The lowest BCUT2D eigenvalue weighted by Crippen LogP contribution is -2.17. The number of unbranched alkanes of at least 4 members (excludes halogenated alkanes) is 2. The Hall–Kier alpha value is -3.72. The van der Waals surface area contributed by atoms with E-state index < -0.39 is 0 Å². The maximum absolute atomic E-state index is 11.0. The van der Waals surface area contributed by atoms with Crippen LogP contribution in [0.15, 0.2) is 61.2 Å². The van der Waals surface area contributed by atoms with Crippen molar-refractivity contribution in [2.24, 2.45) is 0 Å². The zero-order valence-corrected chi connectivity index (χ0v) is 17.1. The van der Waals surface area contributed by atoms with Gasteiger partial charge in [-0.05, 0) is 24.5 Å². The van der Waals surface area contributed by atoms with Crippen molar-refractivity contribution in [2.45, 2.75) is 38.8 Å². The molecule has 0 aliphatic carbocycles. The summed E-state index contributed by atoms with van der Waals surface area (Å²) in [5.74, 6) is 0.174. The van der Waals surface area contributed by atoms with Gasteiger partial charge in [-0.3, -0.25) is 14.7 Å². The normalized spacial score (nSPS) is 11.0. The molecular formula is C22H25N7O2. The number of rotatable bonds is 10. The number of hydrogen-bond donors (Lipinski definition) is 3. The second-order valence-electron chi connectivity index (χ2n) is 7.36. The van der Waals surface area contributed by atoms with Crippen LogP contribution in [-0.4, -0.2) is 35.4 Å². The molecule has 4 rings (SSSR count). The Morgan fingerprint density at radius 3 is 2.77 bits per heavy atom. The highest BCUT2D eigenvalue weighted by Gasteiger charge is 2.08. The molecule has 9 heteroatoms. The van der Waals surface area contributed by atoms with Crippen LogP contribution >= 0.6 is 0 Å². The van der Waals surface area contributed by atoms with Gasteiger partial charge in [-0.25, -0.2) is 10.5 Å². The van der Waals surface area contributed by atoms with E-state index in [0.29, 0.717) is 12.4 Å². The van der Waals surface area contributed by atoms with E-state index in [-0.39, 0.29) is 5.91 Å². The minimum Gasteiger partial charge on any atom is -0.328 e. The molecule has 1 amide bonds. The number of aryl methyl sites for hydroxylation is 1. The van der Waals surface area contributed by atoms with Gasteiger partial charge in [-0.1, -0.05) is 36.8 Å². The first-order valence-corrected chi connectivity index (χ1v) is 10.3. The first-order chi connectivity index (χ1) is 15.2. The summed E-state index contributed by atoms with van der Waals surface area (Å²) in [5.41, 5.74) is 4.56. The lowest BCUT2D eigenvalue weighted by atomic mass is 10.2. The van der Waals surface area contributed by atoms with Gasteiger partial charge in [0.1, 0.15) is 5.65 Å². The maximum Gasteiger partial charge on any atom is 0.243 e. The molecular weight excluding hydrogens is 394 g/mol. The van der Waals surface area contributed by atoms with Gasteiger partial charge >= 0.3 is 0 Å². The van der Waals surface area contributed by atoms with Crippen LogP contribution in [0.25, 0.3) is 11.0 Å². The van der Waals surface area contributed by atoms with Crippen molar-refractivity contribution >= 4 is 28.6 Å². The highest BCUT2D eigenvalue weighted by Crippen LogP contribution is 2.18. The second-order valence-corrected chi connectivity index (χ2v) is 7.36. The van der Waals surface area contributed by atoms with E-state index in [1.165, 1.54) is 5.56 Å². The Morgan fingerprint density at radius 2 is 1.94 bits per heavy atom. The molecule has 0 atom stereocenters. The van der Waals surface area contributed by atoms with Crippen molar-refractivity contribution in [3.05, 3.63) is 66.7 Å². The van der Waals surface area contributed by atoms with Gasteiger partial charge in [0.15, 0.2) is 0 Å². The van der Waals surface area contributed by atoms with Crippen molar-refractivity contribution in [3.8, 4) is 0 Å². The van der Waals surface area contributed by atoms with Crippen molar-refractivity contribution in [2.75, 3.05) is 5.32 Å². The molecule has 0 bridgehead atoms. The minimum atomic E-state index is -0.350. The Kier molecular flexibility index (Phi) is 6.53. The standard InChI is InChI=1S/C22H25N7O2/c30-20(27-31)9-5-2-6-11-29-16-19(14-24-29)25-22-23-13-18-10-12-28(21(18)26-22)15-17-7-3-1-4-8-17/h1,3-4,7-8,10,12-14,16,31H,2,5-6,9,11,15H2,(H,27,30)(H,23,25,26). The lowest BCUT2D eigenvalue weighted by Gasteiger charge is -2.06. The third-order valence-corrected chi connectivity index (χ3v) is 5.00. The Labute approximate surface area is 179 Å². The van der Waals surface area contributed by atoms with Crippen LogP contribution in [0.4, 0.5) is 11.6 Å². The van der Waals surface area contributed by atoms with Crippen molar-refractivity contribution < 1.29 is 10.0 Å². The van der Waals surface area contributed by atoms with Crippen LogP contribution < -0.4 is 10.8 Å². The van der Waals surface area contributed by atoms with Gasteiger partial charge in [0.2, 0.25) is 11.9 Å². The van der Waals surface area contributed by atoms with E-state index >= 15 is 0 Å². The number of hydrogen-bond acceptors (Lipinski definition) is 6. The lowest BCUT2D eigenvalue weighted by molar-refractivity contribution is -0.129. The molecule has 9 nitrogen and oxygen atoms in total. The van der Waals surface area contributed by atoms with E-state index in [4.69, 9.17) is 10.2 Å². The van der Waals surface area contributed by atoms with Crippen molar-refractivity contribution in [1.82, 2.24) is 29.8 Å². The van der Waals surface area contributed by atoms with Gasteiger partial charge in [0.05, 0.1) is 11.9 Å². The number of hydroxylamine groups is 1. The number of nitrogens with zero attached hydrogens (tertiary/aromatic N) is 5. The predicted molar refractivity (Wildman–Crippen MR) is 117 cm³/mol. The summed E-state index contributed by atoms with van der Waals surface area (Å²) in [4.78, 5) is 20.1. The Morgan fingerprint density at radius 1 is 1.06 bits per heavy atom. The summed E-state index contributed by atoms with van der Waals surface area (Å²) in [6.07, 6.45) is 10.3. The highest BCUT2D eigenvalue weighted by molar-refractivity contribution is 5.77. The number of amides is 1. The Balaban J connectivity index is 1.35. The summed E-state index contributed by atoms with van der Waals surface area (Å²) in [5, 5.41) is 17.1. The predicted octanol–water partition coefficient (Wildman–Crippen LogP) is 3.49. The number of carbonyl (C=O) groups is 1. The van der Waals surface area contributed by atoms with Crippen LogP contribution in [0.1, 0.15) is 31.2 Å². The molecule has 0 saturated heterocycles. The summed E-state index contributed by atoms with van der Waals surface area (Å²) in [7, 11) is 0. The molecule has 4 aromatic rings. The summed E-state index contributed by atoms with van der Waals surface area (Å²) >= 11 is 0.